The molecule has 1 atom stereocenters. The fourth-order valence-corrected chi connectivity index (χ4v) is 4.06. The van der Waals surface area contributed by atoms with Crippen molar-refractivity contribution in [2.45, 2.75) is 25.0 Å². The van der Waals surface area contributed by atoms with Crippen LogP contribution in [0.4, 0.5) is 11.4 Å². The van der Waals surface area contributed by atoms with Gasteiger partial charge in [0.15, 0.2) is 0 Å². The Bertz CT molecular complexity index is 1220. The van der Waals surface area contributed by atoms with Gasteiger partial charge in [0.1, 0.15) is 11.5 Å². The third kappa shape index (κ3) is 6.46. The van der Waals surface area contributed by atoms with Crippen LogP contribution in [0, 0.1) is 16.0 Å². The van der Waals surface area contributed by atoms with Gasteiger partial charge in [0.2, 0.25) is 11.1 Å². The van der Waals surface area contributed by atoms with Gasteiger partial charge in [-0.2, -0.15) is 0 Å². The number of carbonyl (C=O) groups excluding carboxylic acids is 2. The average molecular weight is 523 g/mol. The van der Waals surface area contributed by atoms with E-state index in [0.29, 0.717) is 10.8 Å². The lowest BCUT2D eigenvalue weighted by Gasteiger charge is -2.20. The highest BCUT2D eigenvalue weighted by Crippen LogP contribution is 2.26. The minimum absolute atomic E-state index is 0.0391. The number of aromatic nitrogens is 3. The van der Waals surface area contributed by atoms with E-state index in [-0.39, 0.29) is 38.8 Å². The number of anilines is 1. The number of nitro groups is 1. The molecule has 0 bridgehead atoms. The second kappa shape index (κ2) is 11.3. The standard InChI is InChI=1S/C21H20Cl2N6O4S/c1-11(2)18(25-20(31)13-8-7-12(22)9-14(13)23)19-26-21(28-27-19)34-10-17(30)24-15-5-3-4-6-16(15)29(32)33/h3-9,11,18H,10H2,1-2H3,(H,24,30)(H,25,31)(H,26,27,28)/t18-/m1/s1. The number of carbonyl (C=O) groups is 2. The van der Waals surface area contributed by atoms with Gasteiger partial charge in [-0.15, -0.1) is 5.10 Å². The number of hydrogen-bond acceptors (Lipinski definition) is 7. The van der Waals surface area contributed by atoms with Crippen LogP contribution in [0.3, 0.4) is 0 Å². The van der Waals surface area contributed by atoms with Crippen LogP contribution in [-0.2, 0) is 4.79 Å². The summed E-state index contributed by atoms with van der Waals surface area (Å²) < 4.78 is 0. The van der Waals surface area contributed by atoms with Crippen LogP contribution in [0.1, 0.15) is 36.1 Å². The molecule has 178 valence electrons. The number of amides is 2. The quantitative estimate of drug-likeness (QED) is 0.206. The zero-order valence-electron chi connectivity index (χ0n) is 18.0. The Hall–Kier alpha value is -3.15. The van der Waals surface area contributed by atoms with E-state index < -0.39 is 22.8 Å². The zero-order valence-corrected chi connectivity index (χ0v) is 20.4. The highest BCUT2D eigenvalue weighted by atomic mass is 35.5. The SMILES string of the molecule is CC(C)[C@@H](NC(=O)c1ccc(Cl)cc1Cl)c1nc(SCC(=O)Nc2ccccc2[N+](=O)[O-])n[nH]1. The third-order valence-electron chi connectivity index (χ3n) is 4.61. The number of thioether (sulfide) groups is 1. The molecule has 2 amide bonds. The van der Waals surface area contributed by atoms with Crippen molar-refractivity contribution in [3.63, 3.8) is 0 Å². The number of nitro benzene ring substituents is 1. The first-order chi connectivity index (χ1) is 16.2. The summed E-state index contributed by atoms with van der Waals surface area (Å²) in [5.74, 6) is -0.535. The maximum atomic E-state index is 12.7. The average Bonchev–Trinajstić information content (AvgIpc) is 3.24. The van der Waals surface area contributed by atoms with Crippen LogP contribution in [-0.4, -0.2) is 37.7 Å². The molecule has 3 N–H and O–H groups in total. The molecule has 10 nitrogen and oxygen atoms in total. The molecule has 13 heteroatoms. The topological polar surface area (TPSA) is 143 Å². The molecule has 0 aliphatic rings. The summed E-state index contributed by atoms with van der Waals surface area (Å²) in [7, 11) is 0. The fourth-order valence-electron chi connectivity index (χ4n) is 2.96. The van der Waals surface area contributed by atoms with Crippen LogP contribution >= 0.6 is 35.0 Å². The smallest absolute Gasteiger partial charge is 0.292 e. The summed E-state index contributed by atoms with van der Waals surface area (Å²) in [5, 5.41) is 24.3. The summed E-state index contributed by atoms with van der Waals surface area (Å²) in [6.45, 7) is 3.81. The Morgan fingerprint density at radius 1 is 1.21 bits per heavy atom. The van der Waals surface area contributed by atoms with Crippen LogP contribution < -0.4 is 10.6 Å². The predicted octanol–water partition coefficient (Wildman–Crippen LogP) is 4.88. The largest absolute Gasteiger partial charge is 0.342 e. The lowest BCUT2D eigenvalue weighted by atomic mass is 10.0. The number of benzene rings is 2. The zero-order chi connectivity index (χ0) is 24.8. The first-order valence-electron chi connectivity index (χ1n) is 10.00. The lowest BCUT2D eigenvalue weighted by Crippen LogP contribution is -2.32. The molecule has 0 saturated carbocycles. The molecule has 1 aromatic heterocycles. The monoisotopic (exact) mass is 522 g/mol. The van der Waals surface area contributed by atoms with E-state index in [2.05, 4.69) is 25.8 Å². The minimum Gasteiger partial charge on any atom is -0.342 e. The van der Waals surface area contributed by atoms with E-state index in [1.165, 1.54) is 30.3 Å². The van der Waals surface area contributed by atoms with Gasteiger partial charge in [-0.05, 0) is 30.2 Å². The Labute approximate surface area is 209 Å². The molecule has 3 rings (SSSR count). The van der Waals surface area contributed by atoms with Crippen molar-refractivity contribution in [3.05, 3.63) is 74.0 Å². The van der Waals surface area contributed by atoms with Gasteiger partial charge in [0, 0.05) is 11.1 Å². The summed E-state index contributed by atoms with van der Waals surface area (Å²) >= 11 is 13.1. The van der Waals surface area contributed by atoms with Crippen molar-refractivity contribution >= 4 is 58.2 Å². The number of rotatable bonds is 9. The van der Waals surface area contributed by atoms with Crippen molar-refractivity contribution in [3.8, 4) is 0 Å². The first-order valence-corrected chi connectivity index (χ1v) is 11.7. The van der Waals surface area contributed by atoms with Gasteiger partial charge < -0.3 is 10.6 Å². The van der Waals surface area contributed by atoms with Crippen molar-refractivity contribution in [2.24, 2.45) is 5.92 Å². The normalized spacial score (nSPS) is 11.8. The Morgan fingerprint density at radius 2 is 1.94 bits per heavy atom. The Balaban J connectivity index is 1.64. The summed E-state index contributed by atoms with van der Waals surface area (Å²) in [6, 6.07) is 9.97. The molecule has 1 heterocycles. The predicted molar refractivity (Wildman–Crippen MR) is 130 cm³/mol. The molecule has 0 fully saturated rings. The molecule has 0 radical (unpaired) electrons. The molecule has 0 aliphatic carbocycles. The molecule has 0 aliphatic heterocycles. The van der Waals surface area contributed by atoms with Gasteiger partial charge in [-0.1, -0.05) is 60.9 Å². The molecular weight excluding hydrogens is 503 g/mol. The highest BCUT2D eigenvalue weighted by molar-refractivity contribution is 7.99. The van der Waals surface area contributed by atoms with Crippen LogP contribution in [0.2, 0.25) is 10.0 Å². The Kier molecular flexibility index (Phi) is 8.48. The number of para-hydroxylation sites is 2. The number of halogens is 2. The maximum Gasteiger partial charge on any atom is 0.292 e. The van der Waals surface area contributed by atoms with E-state index in [1.807, 2.05) is 13.8 Å². The molecule has 0 saturated heterocycles. The van der Waals surface area contributed by atoms with E-state index in [1.54, 1.807) is 12.1 Å². The number of nitrogens with one attached hydrogen (secondary N) is 3. The number of aromatic amines is 1. The van der Waals surface area contributed by atoms with Crippen LogP contribution in [0.5, 0.6) is 0 Å². The second-order valence-electron chi connectivity index (χ2n) is 7.43. The fraction of sp³-hybridized carbons (Fsp3) is 0.238. The van der Waals surface area contributed by atoms with Gasteiger partial charge in [0.05, 0.1) is 27.3 Å². The van der Waals surface area contributed by atoms with Gasteiger partial charge in [-0.3, -0.25) is 24.8 Å². The van der Waals surface area contributed by atoms with E-state index in [9.17, 15) is 19.7 Å². The van der Waals surface area contributed by atoms with E-state index in [4.69, 9.17) is 23.2 Å². The Morgan fingerprint density at radius 3 is 2.62 bits per heavy atom. The summed E-state index contributed by atoms with van der Waals surface area (Å²) in [5.41, 5.74) is 0.187. The number of hydrogen-bond donors (Lipinski definition) is 3. The van der Waals surface area contributed by atoms with Gasteiger partial charge in [0.25, 0.3) is 11.6 Å². The number of H-pyrrole nitrogens is 1. The van der Waals surface area contributed by atoms with E-state index in [0.717, 1.165) is 11.8 Å². The van der Waals surface area contributed by atoms with E-state index >= 15 is 0 Å². The first kappa shape index (κ1) is 25.5. The third-order valence-corrected chi connectivity index (χ3v) is 6.01. The molecule has 3 aromatic rings. The molecular formula is C21H20Cl2N6O4S. The van der Waals surface area contributed by atoms with Crippen LogP contribution in [0.15, 0.2) is 47.6 Å². The summed E-state index contributed by atoms with van der Waals surface area (Å²) in [4.78, 5) is 39.9. The van der Waals surface area contributed by atoms with Crippen molar-refractivity contribution < 1.29 is 14.5 Å². The minimum atomic E-state index is -0.568. The molecule has 0 unspecified atom stereocenters. The maximum absolute atomic E-state index is 12.7. The molecule has 0 spiro atoms. The van der Waals surface area contributed by atoms with Crippen molar-refractivity contribution in [1.82, 2.24) is 20.5 Å². The van der Waals surface area contributed by atoms with Crippen molar-refractivity contribution in [1.29, 1.82) is 0 Å². The molecule has 34 heavy (non-hydrogen) atoms. The van der Waals surface area contributed by atoms with Crippen LogP contribution in [0.25, 0.3) is 0 Å². The highest BCUT2D eigenvalue weighted by Gasteiger charge is 2.24. The van der Waals surface area contributed by atoms with Gasteiger partial charge in [-0.25, -0.2) is 4.98 Å². The lowest BCUT2D eigenvalue weighted by molar-refractivity contribution is -0.383. The second-order valence-corrected chi connectivity index (χ2v) is 9.22. The molecule has 2 aromatic carbocycles. The summed E-state index contributed by atoms with van der Waals surface area (Å²) in [6.07, 6.45) is 0. The van der Waals surface area contributed by atoms with Gasteiger partial charge >= 0.3 is 0 Å². The van der Waals surface area contributed by atoms with Crippen molar-refractivity contribution in [2.75, 3.05) is 11.1 Å². The number of nitrogens with zero attached hydrogens (tertiary/aromatic N) is 3.